The molecule has 1 amide bonds. The highest BCUT2D eigenvalue weighted by atomic mass is 16.6. The number of carboxylic acid groups (broad SMARTS) is 1. The second-order valence-electron chi connectivity index (χ2n) is 4.16. The molecule has 0 bridgehead atoms. The first-order valence-electron chi connectivity index (χ1n) is 5.75. The van der Waals surface area contributed by atoms with Crippen LogP contribution in [0.15, 0.2) is 18.2 Å². The first-order chi connectivity index (χ1) is 9.29. The normalized spacial score (nSPS) is 11.6. The lowest BCUT2D eigenvalue weighted by molar-refractivity contribution is -0.384. The summed E-state index contributed by atoms with van der Waals surface area (Å²) in [5.74, 6) is -1.55. The Morgan fingerprint density at radius 2 is 2.05 bits per heavy atom. The zero-order valence-corrected chi connectivity index (χ0v) is 11.3. The molecule has 0 aliphatic rings. The number of nitro groups is 1. The fraction of sp³-hybridized carbons (Fsp3) is 0.333. The van der Waals surface area contributed by atoms with Crippen molar-refractivity contribution in [3.63, 3.8) is 0 Å². The van der Waals surface area contributed by atoms with E-state index in [2.05, 4.69) is 5.32 Å². The van der Waals surface area contributed by atoms with Gasteiger partial charge in [0.2, 0.25) is 0 Å². The van der Waals surface area contributed by atoms with Crippen LogP contribution >= 0.6 is 0 Å². The van der Waals surface area contributed by atoms with Crippen LogP contribution in [0, 0.1) is 10.1 Å². The quantitative estimate of drug-likeness (QED) is 0.611. The Kier molecular flexibility index (Phi) is 4.63. The van der Waals surface area contributed by atoms with Crippen LogP contribution in [0.4, 0.5) is 11.4 Å². The first kappa shape index (κ1) is 15.4. The van der Waals surface area contributed by atoms with E-state index in [1.807, 2.05) is 0 Å². The van der Waals surface area contributed by atoms with Crippen molar-refractivity contribution in [2.24, 2.45) is 0 Å². The molecule has 0 aliphatic heterocycles. The lowest BCUT2D eigenvalue weighted by Gasteiger charge is -2.23. The lowest BCUT2D eigenvalue weighted by Crippen LogP contribution is -2.36. The highest BCUT2D eigenvalue weighted by molar-refractivity contribution is 5.95. The van der Waals surface area contributed by atoms with E-state index in [0.29, 0.717) is 0 Å². The topological polar surface area (TPSA) is 113 Å². The Morgan fingerprint density at radius 3 is 2.50 bits per heavy atom. The van der Waals surface area contributed by atoms with Gasteiger partial charge >= 0.3 is 5.97 Å². The molecule has 8 heteroatoms. The summed E-state index contributed by atoms with van der Waals surface area (Å²) in [5, 5.41) is 22.4. The van der Waals surface area contributed by atoms with E-state index in [1.165, 1.54) is 38.1 Å². The maximum absolute atomic E-state index is 11.5. The second kappa shape index (κ2) is 6.00. The predicted octanol–water partition coefficient (Wildman–Crippen LogP) is 0.864. The fourth-order valence-electron chi connectivity index (χ4n) is 1.63. The summed E-state index contributed by atoms with van der Waals surface area (Å²) >= 11 is 0. The third-order valence-corrected chi connectivity index (χ3v) is 2.98. The van der Waals surface area contributed by atoms with Gasteiger partial charge in [0.1, 0.15) is 11.7 Å². The molecule has 1 unspecified atom stereocenters. The molecule has 1 aromatic rings. The number of carboxylic acids is 1. The molecule has 0 heterocycles. The van der Waals surface area contributed by atoms with Crippen molar-refractivity contribution >= 4 is 23.3 Å². The van der Waals surface area contributed by atoms with Crippen LogP contribution < -0.4 is 10.2 Å². The molecule has 0 saturated carbocycles. The Labute approximate surface area is 115 Å². The third kappa shape index (κ3) is 3.02. The fourth-order valence-corrected chi connectivity index (χ4v) is 1.63. The maximum Gasteiger partial charge on any atom is 0.326 e. The molecule has 0 fully saturated rings. The van der Waals surface area contributed by atoms with E-state index in [4.69, 9.17) is 5.11 Å². The molecule has 1 atom stereocenters. The number of hydrogen-bond acceptors (Lipinski definition) is 5. The smallest absolute Gasteiger partial charge is 0.326 e. The number of benzene rings is 1. The molecule has 2 N–H and O–H groups in total. The number of nitrogens with zero attached hydrogens (tertiary/aromatic N) is 2. The number of nitro benzene ring substituents is 1. The first-order valence-corrected chi connectivity index (χ1v) is 5.75. The number of carbonyl (C=O) groups is 2. The number of amides is 1. The number of hydrogen-bond donors (Lipinski definition) is 2. The summed E-state index contributed by atoms with van der Waals surface area (Å²) in [7, 11) is 2.86. The lowest BCUT2D eigenvalue weighted by atomic mass is 10.1. The summed E-state index contributed by atoms with van der Waals surface area (Å²) < 4.78 is 0. The molecule has 0 saturated heterocycles. The van der Waals surface area contributed by atoms with E-state index in [0.717, 1.165) is 6.07 Å². The van der Waals surface area contributed by atoms with Crippen molar-refractivity contribution in [3.8, 4) is 0 Å². The Balaban J connectivity index is 3.30. The van der Waals surface area contributed by atoms with E-state index in [1.54, 1.807) is 0 Å². The van der Waals surface area contributed by atoms with Crippen molar-refractivity contribution in [1.82, 2.24) is 5.32 Å². The van der Waals surface area contributed by atoms with Gasteiger partial charge < -0.3 is 15.3 Å². The van der Waals surface area contributed by atoms with Gasteiger partial charge in [-0.15, -0.1) is 0 Å². The zero-order valence-electron chi connectivity index (χ0n) is 11.3. The highest BCUT2D eigenvalue weighted by Crippen LogP contribution is 2.29. The van der Waals surface area contributed by atoms with Gasteiger partial charge in [0.15, 0.2) is 0 Å². The van der Waals surface area contributed by atoms with Crippen molar-refractivity contribution in [2.75, 3.05) is 19.0 Å². The van der Waals surface area contributed by atoms with Crippen LogP contribution in [0.2, 0.25) is 0 Å². The SMILES string of the molecule is CNC(=O)c1ccc(N(C)C(C)C(=O)O)c([N+](=O)[O-])c1. The number of aliphatic carboxylic acids is 1. The Bertz CT molecular complexity index is 558. The van der Waals surface area contributed by atoms with Crippen molar-refractivity contribution in [2.45, 2.75) is 13.0 Å². The highest BCUT2D eigenvalue weighted by Gasteiger charge is 2.25. The number of rotatable bonds is 5. The average molecular weight is 281 g/mol. The van der Waals surface area contributed by atoms with Crippen LogP contribution in [0.5, 0.6) is 0 Å². The van der Waals surface area contributed by atoms with Crippen molar-refractivity contribution in [1.29, 1.82) is 0 Å². The van der Waals surface area contributed by atoms with Gasteiger partial charge in [0.25, 0.3) is 11.6 Å². The minimum absolute atomic E-state index is 0.137. The molecule has 20 heavy (non-hydrogen) atoms. The van der Waals surface area contributed by atoms with E-state index in [9.17, 15) is 19.7 Å². The van der Waals surface area contributed by atoms with Gasteiger partial charge in [-0.25, -0.2) is 4.79 Å². The molecular formula is C12H15N3O5. The van der Waals surface area contributed by atoms with Crippen molar-refractivity contribution < 1.29 is 19.6 Å². The van der Waals surface area contributed by atoms with Crippen LogP contribution in [-0.4, -0.2) is 42.0 Å². The summed E-state index contributed by atoms with van der Waals surface area (Å²) in [6, 6.07) is 2.97. The average Bonchev–Trinajstić information content (AvgIpc) is 2.43. The summed E-state index contributed by atoms with van der Waals surface area (Å²) in [6.07, 6.45) is 0. The molecular weight excluding hydrogens is 266 g/mol. The third-order valence-electron chi connectivity index (χ3n) is 2.98. The number of nitrogens with one attached hydrogen (secondary N) is 1. The Hall–Kier alpha value is -2.64. The number of anilines is 1. The molecule has 1 aromatic carbocycles. The minimum atomic E-state index is -1.10. The van der Waals surface area contributed by atoms with Gasteiger partial charge in [-0.3, -0.25) is 14.9 Å². The van der Waals surface area contributed by atoms with Gasteiger partial charge in [0.05, 0.1) is 4.92 Å². The van der Waals surface area contributed by atoms with Gasteiger partial charge in [0, 0.05) is 25.7 Å². The Morgan fingerprint density at radius 1 is 1.45 bits per heavy atom. The summed E-state index contributed by atoms with van der Waals surface area (Å²) in [4.78, 5) is 34.1. The minimum Gasteiger partial charge on any atom is -0.480 e. The van der Waals surface area contributed by atoms with Crippen LogP contribution in [-0.2, 0) is 4.79 Å². The van der Waals surface area contributed by atoms with Gasteiger partial charge in [-0.2, -0.15) is 0 Å². The monoisotopic (exact) mass is 281 g/mol. The standard InChI is InChI=1S/C12H15N3O5/c1-7(12(17)18)14(3)9-5-4-8(11(16)13-2)6-10(9)15(19)20/h4-7H,1-3H3,(H,13,16)(H,17,18). The van der Waals surface area contributed by atoms with Crippen LogP contribution in [0.3, 0.4) is 0 Å². The summed E-state index contributed by atoms with van der Waals surface area (Å²) in [5.41, 5.74) is -0.0430. The number of likely N-dealkylation sites (N-methyl/N-ethyl adjacent to an activating group) is 1. The molecule has 8 nitrogen and oxygen atoms in total. The maximum atomic E-state index is 11.5. The molecule has 0 spiro atoms. The van der Waals surface area contributed by atoms with E-state index < -0.39 is 22.8 Å². The van der Waals surface area contributed by atoms with Crippen LogP contribution in [0.1, 0.15) is 17.3 Å². The van der Waals surface area contributed by atoms with Crippen LogP contribution in [0.25, 0.3) is 0 Å². The molecule has 0 aromatic heterocycles. The van der Waals surface area contributed by atoms with E-state index >= 15 is 0 Å². The molecule has 0 aliphatic carbocycles. The second-order valence-corrected chi connectivity index (χ2v) is 4.16. The molecule has 1 rings (SSSR count). The van der Waals surface area contributed by atoms with Gasteiger partial charge in [-0.1, -0.05) is 0 Å². The number of carbonyl (C=O) groups excluding carboxylic acids is 1. The zero-order chi connectivity index (χ0) is 15.4. The van der Waals surface area contributed by atoms with E-state index in [-0.39, 0.29) is 16.9 Å². The van der Waals surface area contributed by atoms with Gasteiger partial charge in [-0.05, 0) is 19.1 Å². The summed E-state index contributed by atoms with van der Waals surface area (Å²) in [6.45, 7) is 1.42. The largest absolute Gasteiger partial charge is 0.480 e. The van der Waals surface area contributed by atoms with Crippen molar-refractivity contribution in [3.05, 3.63) is 33.9 Å². The molecule has 0 radical (unpaired) electrons. The predicted molar refractivity (Wildman–Crippen MR) is 72.0 cm³/mol. The molecule has 108 valence electrons.